The first-order valence-electron chi connectivity index (χ1n) is 17.9. The Kier molecular flexibility index (Phi) is 9.88. The molecule has 0 unspecified atom stereocenters. The van der Waals surface area contributed by atoms with Gasteiger partial charge in [-0.2, -0.15) is 0 Å². The number of quaternary nitrogens is 1. The molecule has 258 valence electrons. The maximum atomic E-state index is 13.9. The minimum atomic E-state index is -1.22. The molecule has 0 heterocycles. The third-order valence-corrected chi connectivity index (χ3v) is 15.0. The average Bonchev–Trinajstić information content (AvgIpc) is 3.32. The van der Waals surface area contributed by atoms with Gasteiger partial charge in [0.25, 0.3) is 0 Å². The van der Waals surface area contributed by atoms with E-state index in [-0.39, 0.29) is 46.2 Å². The second kappa shape index (κ2) is 12.2. The summed E-state index contributed by atoms with van der Waals surface area (Å²) in [5, 5.41) is 33.7. The number of amides is 1. The largest absolute Gasteiger partial charge is 0.548 e. The first-order valence-corrected chi connectivity index (χ1v) is 17.9. The van der Waals surface area contributed by atoms with Crippen LogP contribution in [-0.2, 0) is 9.59 Å². The molecule has 0 saturated heterocycles. The number of fused-ring (bicyclic) bond motifs is 7. The predicted octanol–water partition coefficient (Wildman–Crippen LogP) is 4.94. The molecule has 0 spiro atoms. The van der Waals surface area contributed by atoms with Gasteiger partial charge in [-0.05, 0) is 129 Å². The molecular weight excluding hydrogens is 564 g/mol. The monoisotopic (exact) mass is 630 g/mol. The predicted molar refractivity (Wildman–Crippen MR) is 178 cm³/mol. The highest BCUT2D eigenvalue weighted by atomic mass is 16.4. The van der Waals surface area contributed by atoms with Crippen LogP contribution in [0.1, 0.15) is 113 Å². The highest BCUT2D eigenvalue weighted by molar-refractivity contribution is 5.87. The van der Waals surface area contributed by atoms with Crippen LogP contribution in [0.4, 0.5) is 0 Å². The molecule has 0 radical (unpaired) electrons. The molecule has 7 heteroatoms. The van der Waals surface area contributed by atoms with Gasteiger partial charge in [0.05, 0.1) is 51.3 Å². The van der Waals surface area contributed by atoms with Crippen molar-refractivity contribution in [3.63, 3.8) is 0 Å². The molecule has 0 aromatic rings. The average molecular weight is 631 g/mol. The SMILES string of the molecule is C=C(C)[C@@H]1CC[C@]2(C(=O)N[C@H](C)C(=O)[O-])CC[C@]3(C)[C@H](CC[C@@H]4[C@@]5(C)CC[C@H](O)C(C)(C)[C@@H]5CC[C@]43C)[C@@H]12.C[N+](C)(C)CCO. The van der Waals surface area contributed by atoms with Gasteiger partial charge in [0.15, 0.2) is 0 Å². The number of hydrogen-bond acceptors (Lipinski definition) is 5. The Bertz CT molecular complexity index is 1150. The number of aliphatic hydroxyl groups is 2. The lowest BCUT2D eigenvalue weighted by atomic mass is 9.32. The van der Waals surface area contributed by atoms with Crippen LogP contribution in [0.5, 0.6) is 0 Å². The van der Waals surface area contributed by atoms with Crippen molar-refractivity contribution in [1.82, 2.24) is 5.32 Å². The van der Waals surface area contributed by atoms with E-state index in [0.717, 1.165) is 56.0 Å². The summed E-state index contributed by atoms with van der Waals surface area (Å²) in [4.78, 5) is 25.4. The summed E-state index contributed by atoms with van der Waals surface area (Å²) >= 11 is 0. The first-order chi connectivity index (χ1) is 20.6. The van der Waals surface area contributed by atoms with Crippen molar-refractivity contribution in [2.24, 2.45) is 56.7 Å². The van der Waals surface area contributed by atoms with E-state index < -0.39 is 17.4 Å². The van der Waals surface area contributed by atoms with Gasteiger partial charge >= 0.3 is 0 Å². The number of likely N-dealkylation sites (N-methyl/N-ethyl adjacent to an activating group) is 1. The van der Waals surface area contributed by atoms with Crippen molar-refractivity contribution in [2.75, 3.05) is 34.3 Å². The van der Waals surface area contributed by atoms with Crippen molar-refractivity contribution in [1.29, 1.82) is 0 Å². The number of carboxylic acid groups (broad SMARTS) is 1. The summed E-state index contributed by atoms with van der Waals surface area (Å²) in [6.45, 7) is 21.4. The van der Waals surface area contributed by atoms with Crippen LogP contribution < -0.4 is 10.4 Å². The summed E-state index contributed by atoms with van der Waals surface area (Å²) in [7, 11) is 6.16. The molecule has 45 heavy (non-hydrogen) atoms. The van der Waals surface area contributed by atoms with Gasteiger partial charge in [-0.3, -0.25) is 4.79 Å². The molecule has 0 aromatic carbocycles. The number of hydrogen-bond donors (Lipinski definition) is 3. The van der Waals surface area contributed by atoms with Crippen LogP contribution >= 0.6 is 0 Å². The standard InChI is InChI=1S/C33H53NO4.C5H14NO/c1-19(2)21-11-16-33(28(38)34-20(3)27(36)37)18-17-31(7)22(26(21)33)9-10-24-30(6)14-13-25(35)29(4,5)23(30)12-15-32(24,31)8;1-6(2,3)4-5-7/h20-26,35H,1,9-18H2,2-8H3,(H,34,38)(H,36,37);7H,4-5H2,1-3H3/q;+1/p-1/t20-,21+,22-,23+,24-,25+,26-,30+,31-,32-,33+;/m1./s1. The molecule has 5 aliphatic carbocycles. The van der Waals surface area contributed by atoms with E-state index in [1.165, 1.54) is 31.8 Å². The van der Waals surface area contributed by atoms with Gasteiger partial charge in [0.2, 0.25) is 5.91 Å². The summed E-state index contributed by atoms with van der Waals surface area (Å²) in [6, 6.07) is -0.983. The van der Waals surface area contributed by atoms with E-state index >= 15 is 0 Å². The Morgan fingerprint density at radius 1 is 0.911 bits per heavy atom. The molecule has 5 rings (SSSR count). The fourth-order valence-corrected chi connectivity index (χ4v) is 12.2. The summed E-state index contributed by atoms with van der Waals surface area (Å²) in [5.74, 6) is 0.793. The molecule has 0 bridgehead atoms. The van der Waals surface area contributed by atoms with Gasteiger partial charge in [-0.1, -0.05) is 46.8 Å². The number of allylic oxidation sites excluding steroid dienone is 1. The second-order valence-electron chi connectivity index (χ2n) is 18.5. The lowest BCUT2D eigenvalue weighted by Gasteiger charge is -2.72. The zero-order chi connectivity index (χ0) is 34.0. The lowest BCUT2D eigenvalue weighted by Crippen LogP contribution is -2.67. The molecule has 0 aliphatic heterocycles. The number of carbonyl (C=O) groups is 2. The molecule has 1 amide bonds. The number of carboxylic acids is 1. The van der Waals surface area contributed by atoms with E-state index in [1.54, 1.807) is 0 Å². The lowest BCUT2D eigenvalue weighted by molar-refractivity contribution is -0.870. The van der Waals surface area contributed by atoms with Gasteiger partial charge in [0.1, 0.15) is 6.54 Å². The number of nitrogens with one attached hydrogen (secondary N) is 1. The zero-order valence-electron chi connectivity index (χ0n) is 30.3. The topological polar surface area (TPSA) is 110 Å². The van der Waals surface area contributed by atoms with Gasteiger partial charge in [0, 0.05) is 0 Å². The number of aliphatic hydroxyl groups excluding tert-OH is 2. The van der Waals surface area contributed by atoms with Crippen LogP contribution in [0.2, 0.25) is 0 Å². The van der Waals surface area contributed by atoms with Crippen LogP contribution in [-0.4, -0.2) is 73.0 Å². The number of rotatable bonds is 6. The van der Waals surface area contributed by atoms with Crippen LogP contribution in [0, 0.1) is 56.7 Å². The van der Waals surface area contributed by atoms with E-state index in [1.807, 2.05) is 0 Å². The molecular formula is C38H66N2O5. The highest BCUT2D eigenvalue weighted by Crippen LogP contribution is 2.77. The molecule has 5 aliphatic rings. The Balaban J connectivity index is 0.000000591. The Morgan fingerprint density at radius 2 is 1.56 bits per heavy atom. The van der Waals surface area contributed by atoms with E-state index in [0.29, 0.717) is 23.7 Å². The van der Waals surface area contributed by atoms with E-state index in [9.17, 15) is 19.8 Å². The molecule has 5 saturated carbocycles. The fraction of sp³-hybridized carbons (Fsp3) is 0.895. The van der Waals surface area contributed by atoms with Gasteiger partial charge in [-0.15, -0.1) is 0 Å². The van der Waals surface area contributed by atoms with Crippen molar-refractivity contribution < 1.29 is 29.4 Å². The number of carbonyl (C=O) groups excluding carboxylic acids is 2. The van der Waals surface area contributed by atoms with Gasteiger partial charge in [-0.25, -0.2) is 0 Å². The normalized spacial score (nSPS) is 44.1. The number of nitrogens with zero attached hydrogens (tertiary/aromatic N) is 1. The van der Waals surface area contributed by atoms with Crippen LogP contribution in [0.25, 0.3) is 0 Å². The molecule has 11 atom stereocenters. The summed E-state index contributed by atoms with van der Waals surface area (Å²) in [6.07, 6.45) is 10.1. The molecule has 5 fully saturated rings. The zero-order valence-corrected chi connectivity index (χ0v) is 30.3. The Hall–Kier alpha value is -1.44. The Morgan fingerprint density at radius 3 is 2.09 bits per heavy atom. The van der Waals surface area contributed by atoms with Crippen molar-refractivity contribution in [2.45, 2.75) is 125 Å². The molecule has 0 aromatic heterocycles. The highest BCUT2D eigenvalue weighted by Gasteiger charge is 2.71. The second-order valence-corrected chi connectivity index (χ2v) is 18.5. The third kappa shape index (κ3) is 5.83. The van der Waals surface area contributed by atoms with Crippen LogP contribution in [0.15, 0.2) is 12.2 Å². The van der Waals surface area contributed by atoms with Crippen LogP contribution in [0.3, 0.4) is 0 Å². The van der Waals surface area contributed by atoms with Gasteiger partial charge < -0.3 is 29.9 Å². The van der Waals surface area contributed by atoms with E-state index in [2.05, 4.69) is 74.6 Å². The molecule has 3 N–H and O–H groups in total. The van der Waals surface area contributed by atoms with Crippen molar-refractivity contribution in [3.8, 4) is 0 Å². The van der Waals surface area contributed by atoms with E-state index in [4.69, 9.17) is 5.11 Å². The minimum absolute atomic E-state index is 0.0575. The maximum Gasteiger partial charge on any atom is 0.227 e. The Labute approximate surface area is 274 Å². The van der Waals surface area contributed by atoms with Crippen molar-refractivity contribution in [3.05, 3.63) is 12.2 Å². The first kappa shape index (κ1) is 36.4. The molecule has 7 nitrogen and oxygen atoms in total. The maximum absolute atomic E-state index is 13.9. The van der Waals surface area contributed by atoms with Crippen molar-refractivity contribution >= 4 is 11.9 Å². The summed E-state index contributed by atoms with van der Waals surface area (Å²) < 4.78 is 0.844. The number of aliphatic carboxylic acids is 1. The third-order valence-electron chi connectivity index (χ3n) is 15.0. The quantitative estimate of drug-likeness (QED) is 0.285. The fourth-order valence-electron chi connectivity index (χ4n) is 12.2. The smallest absolute Gasteiger partial charge is 0.227 e. The summed E-state index contributed by atoms with van der Waals surface area (Å²) in [5.41, 5.74) is 1.13. The minimum Gasteiger partial charge on any atom is -0.548 e.